The molecule has 0 spiro atoms. The van der Waals surface area contributed by atoms with Crippen molar-refractivity contribution in [2.45, 2.75) is 31.7 Å². The Labute approximate surface area is 124 Å². The molecule has 1 aromatic carbocycles. The van der Waals surface area contributed by atoms with Crippen LogP contribution in [-0.2, 0) is 0 Å². The summed E-state index contributed by atoms with van der Waals surface area (Å²) in [5.74, 6) is -0.894. The number of benzene rings is 1. The third-order valence-electron chi connectivity index (χ3n) is 4.62. The van der Waals surface area contributed by atoms with Gasteiger partial charge in [0.2, 0.25) is 0 Å². The molecule has 2 fully saturated rings. The Bertz CT molecular complexity index is 509. The van der Waals surface area contributed by atoms with Crippen molar-refractivity contribution in [2.75, 3.05) is 19.6 Å². The van der Waals surface area contributed by atoms with Crippen molar-refractivity contribution in [1.29, 1.82) is 0 Å². The van der Waals surface area contributed by atoms with E-state index in [1.54, 1.807) is 4.90 Å². The summed E-state index contributed by atoms with van der Waals surface area (Å²) in [6.45, 7) is 2.32. The molecule has 2 N–H and O–H groups in total. The summed E-state index contributed by atoms with van der Waals surface area (Å²) < 4.78 is 13.8. The molecule has 0 bridgehead atoms. The molecule has 21 heavy (non-hydrogen) atoms. The van der Waals surface area contributed by atoms with E-state index in [4.69, 9.17) is 0 Å². The highest BCUT2D eigenvalue weighted by atomic mass is 19.1. The Morgan fingerprint density at radius 1 is 1.33 bits per heavy atom. The molecule has 4 nitrogen and oxygen atoms in total. The van der Waals surface area contributed by atoms with Gasteiger partial charge in [0.15, 0.2) is 0 Å². The topological polar surface area (TPSA) is 52.6 Å². The number of aromatic hydroxyl groups is 1. The van der Waals surface area contributed by atoms with Gasteiger partial charge in [-0.15, -0.1) is 0 Å². The van der Waals surface area contributed by atoms with E-state index in [9.17, 15) is 14.3 Å². The fourth-order valence-corrected chi connectivity index (χ4v) is 3.52. The number of nitrogens with one attached hydrogen (secondary N) is 1. The number of rotatable bonds is 2. The second-order valence-electron chi connectivity index (χ2n) is 5.99. The van der Waals surface area contributed by atoms with E-state index in [1.165, 1.54) is 24.6 Å². The summed E-state index contributed by atoms with van der Waals surface area (Å²) in [6, 6.07) is 4.45. The van der Waals surface area contributed by atoms with Crippen molar-refractivity contribution in [2.24, 2.45) is 5.92 Å². The van der Waals surface area contributed by atoms with Crippen molar-refractivity contribution >= 4 is 5.91 Å². The van der Waals surface area contributed by atoms with Crippen LogP contribution >= 0.6 is 0 Å². The maximum Gasteiger partial charge on any atom is 0.260 e. The highest BCUT2D eigenvalue weighted by Gasteiger charge is 2.32. The third kappa shape index (κ3) is 2.88. The first-order valence-electron chi connectivity index (χ1n) is 7.67. The van der Waals surface area contributed by atoms with E-state index < -0.39 is 11.7 Å². The van der Waals surface area contributed by atoms with Gasteiger partial charge >= 0.3 is 0 Å². The molecule has 2 heterocycles. The second-order valence-corrected chi connectivity index (χ2v) is 5.99. The number of phenols is 1. The number of nitrogens with zero attached hydrogens (tertiary/aromatic N) is 1. The van der Waals surface area contributed by atoms with Crippen molar-refractivity contribution in [3.05, 3.63) is 29.6 Å². The minimum Gasteiger partial charge on any atom is -0.507 e. The van der Waals surface area contributed by atoms with Crippen LogP contribution in [0.3, 0.4) is 0 Å². The highest BCUT2D eigenvalue weighted by molar-refractivity contribution is 5.97. The second kappa shape index (κ2) is 6.02. The van der Waals surface area contributed by atoms with Crippen LogP contribution in [-0.4, -0.2) is 41.6 Å². The van der Waals surface area contributed by atoms with Gasteiger partial charge in [0, 0.05) is 19.1 Å². The molecule has 2 aliphatic rings. The van der Waals surface area contributed by atoms with Crippen molar-refractivity contribution in [3.8, 4) is 5.75 Å². The van der Waals surface area contributed by atoms with Gasteiger partial charge in [-0.25, -0.2) is 4.39 Å². The summed E-state index contributed by atoms with van der Waals surface area (Å²) in [5.41, 5.74) is -0.197. The summed E-state index contributed by atoms with van der Waals surface area (Å²) in [5, 5.41) is 13.3. The van der Waals surface area contributed by atoms with Gasteiger partial charge in [0.1, 0.15) is 17.1 Å². The lowest BCUT2D eigenvalue weighted by Gasteiger charge is -2.36. The van der Waals surface area contributed by atoms with Gasteiger partial charge in [-0.1, -0.05) is 6.07 Å². The van der Waals surface area contributed by atoms with Crippen LogP contribution in [0.1, 0.15) is 36.0 Å². The number of carbonyl (C=O) groups is 1. The number of likely N-dealkylation sites (tertiary alicyclic amines) is 1. The fraction of sp³-hybridized carbons (Fsp3) is 0.562. The minimum atomic E-state index is -0.652. The average molecular weight is 292 g/mol. The van der Waals surface area contributed by atoms with Crippen molar-refractivity contribution < 1.29 is 14.3 Å². The van der Waals surface area contributed by atoms with Crippen LogP contribution < -0.4 is 5.32 Å². The van der Waals surface area contributed by atoms with Crippen molar-refractivity contribution in [3.63, 3.8) is 0 Å². The zero-order chi connectivity index (χ0) is 14.8. The lowest BCUT2D eigenvalue weighted by Crippen LogP contribution is -2.46. The lowest BCUT2D eigenvalue weighted by molar-refractivity contribution is 0.0643. The Hall–Kier alpha value is -1.62. The number of halogens is 1. The molecular formula is C16H21FN2O2. The standard InChI is InChI=1S/C16H21FN2O2/c17-12-5-1-7-14(20)15(12)16(21)19-9-3-4-11(10-19)13-6-2-8-18-13/h1,5,7,11,13,18,20H,2-4,6,8-10H2. The molecule has 0 aromatic heterocycles. The number of hydrogen-bond acceptors (Lipinski definition) is 3. The summed E-state index contributed by atoms with van der Waals surface area (Å²) in [6.07, 6.45) is 4.37. The molecule has 0 aliphatic carbocycles. The van der Waals surface area contributed by atoms with Crippen LogP contribution in [0.15, 0.2) is 18.2 Å². The normalized spacial score (nSPS) is 26.0. The summed E-state index contributed by atoms with van der Waals surface area (Å²) in [4.78, 5) is 14.2. The molecular weight excluding hydrogens is 271 g/mol. The van der Waals surface area contributed by atoms with Gasteiger partial charge in [-0.3, -0.25) is 4.79 Å². The van der Waals surface area contributed by atoms with Crippen LogP contribution in [0, 0.1) is 11.7 Å². The lowest BCUT2D eigenvalue weighted by atomic mass is 9.89. The Kier molecular flexibility index (Phi) is 4.10. The zero-order valence-corrected chi connectivity index (χ0v) is 12.0. The van der Waals surface area contributed by atoms with Crippen LogP contribution in [0.2, 0.25) is 0 Å². The van der Waals surface area contributed by atoms with Gasteiger partial charge in [0.25, 0.3) is 5.91 Å². The van der Waals surface area contributed by atoms with E-state index in [1.807, 2.05) is 0 Å². The zero-order valence-electron chi connectivity index (χ0n) is 12.0. The Morgan fingerprint density at radius 2 is 2.19 bits per heavy atom. The molecule has 1 aromatic rings. The maximum atomic E-state index is 13.8. The van der Waals surface area contributed by atoms with E-state index in [0.717, 1.165) is 25.8 Å². The van der Waals surface area contributed by atoms with Crippen LogP contribution in [0.25, 0.3) is 0 Å². The molecule has 2 saturated heterocycles. The molecule has 2 unspecified atom stereocenters. The molecule has 3 rings (SSSR count). The molecule has 2 atom stereocenters. The molecule has 114 valence electrons. The molecule has 5 heteroatoms. The van der Waals surface area contributed by atoms with Gasteiger partial charge < -0.3 is 15.3 Å². The van der Waals surface area contributed by atoms with Gasteiger partial charge in [-0.05, 0) is 50.3 Å². The predicted octanol–water partition coefficient (Wildman–Crippen LogP) is 2.14. The summed E-state index contributed by atoms with van der Waals surface area (Å²) >= 11 is 0. The monoisotopic (exact) mass is 292 g/mol. The third-order valence-corrected chi connectivity index (χ3v) is 4.62. The van der Waals surface area contributed by atoms with E-state index >= 15 is 0 Å². The quantitative estimate of drug-likeness (QED) is 0.878. The average Bonchev–Trinajstić information content (AvgIpc) is 3.01. The number of amides is 1. The van der Waals surface area contributed by atoms with E-state index in [2.05, 4.69) is 5.32 Å². The number of carbonyl (C=O) groups excluding carboxylic acids is 1. The smallest absolute Gasteiger partial charge is 0.260 e. The van der Waals surface area contributed by atoms with E-state index in [-0.39, 0.29) is 11.3 Å². The predicted molar refractivity (Wildman–Crippen MR) is 77.7 cm³/mol. The maximum absolute atomic E-state index is 13.8. The van der Waals surface area contributed by atoms with E-state index in [0.29, 0.717) is 25.0 Å². The number of piperidine rings is 1. The van der Waals surface area contributed by atoms with Crippen LogP contribution in [0.4, 0.5) is 4.39 Å². The Morgan fingerprint density at radius 3 is 2.90 bits per heavy atom. The highest BCUT2D eigenvalue weighted by Crippen LogP contribution is 2.28. The first kappa shape index (κ1) is 14.3. The number of hydrogen-bond donors (Lipinski definition) is 2. The van der Waals surface area contributed by atoms with Crippen LogP contribution in [0.5, 0.6) is 5.75 Å². The first-order valence-corrected chi connectivity index (χ1v) is 7.67. The number of phenolic OH excluding ortho intramolecular Hbond substituents is 1. The summed E-state index contributed by atoms with van der Waals surface area (Å²) in [7, 11) is 0. The molecule has 1 amide bonds. The SMILES string of the molecule is O=C(c1c(O)cccc1F)N1CCCC(C2CCCN2)C1. The first-order chi connectivity index (χ1) is 10.2. The Balaban J connectivity index is 1.75. The van der Waals surface area contributed by atoms with Gasteiger partial charge in [0.05, 0.1) is 0 Å². The molecule has 0 radical (unpaired) electrons. The minimum absolute atomic E-state index is 0.197. The molecule has 0 saturated carbocycles. The van der Waals surface area contributed by atoms with Gasteiger partial charge in [-0.2, -0.15) is 0 Å². The van der Waals surface area contributed by atoms with Crippen molar-refractivity contribution in [1.82, 2.24) is 10.2 Å². The fourth-order valence-electron chi connectivity index (χ4n) is 3.52. The molecule has 2 aliphatic heterocycles. The largest absolute Gasteiger partial charge is 0.507 e.